The molecule has 0 radical (unpaired) electrons. The van der Waals surface area contributed by atoms with Gasteiger partial charge in [-0.25, -0.2) is 0 Å². The molecule has 0 spiro atoms. The van der Waals surface area contributed by atoms with Crippen molar-refractivity contribution in [2.75, 3.05) is 19.8 Å². The Balaban J connectivity index is 0.00000243. The van der Waals surface area contributed by atoms with E-state index in [1.807, 2.05) is 12.1 Å². The molecule has 0 aromatic heterocycles. The van der Waals surface area contributed by atoms with E-state index in [-0.39, 0.29) is 29.6 Å². The van der Waals surface area contributed by atoms with Crippen molar-refractivity contribution >= 4 is 29.9 Å². The van der Waals surface area contributed by atoms with Crippen LogP contribution in [0.4, 0.5) is 0 Å². The summed E-state index contributed by atoms with van der Waals surface area (Å²) >= 11 is 6.05. The fourth-order valence-electron chi connectivity index (χ4n) is 4.26. The number of hydrogen-bond acceptors (Lipinski definition) is 3. The van der Waals surface area contributed by atoms with Crippen LogP contribution in [0.3, 0.4) is 0 Å². The minimum atomic E-state index is -0.435. The average molecular weight is 401 g/mol. The third-order valence-electron chi connectivity index (χ3n) is 5.94. The van der Waals surface area contributed by atoms with Gasteiger partial charge in [0.05, 0.1) is 6.04 Å². The van der Waals surface area contributed by atoms with E-state index in [4.69, 9.17) is 22.1 Å². The number of ether oxygens (including phenoxy) is 1. The van der Waals surface area contributed by atoms with Crippen LogP contribution in [0.5, 0.6) is 0 Å². The molecule has 3 rings (SSSR count). The van der Waals surface area contributed by atoms with Crippen LogP contribution >= 0.6 is 24.0 Å². The lowest BCUT2D eigenvalue weighted by Gasteiger charge is -2.38. The fraction of sp³-hybridized carbons (Fsp3) is 0.650. The SMILES string of the molecule is Cl.NC(C(=O)NCC1(c2ccc(Cl)cc2)CCCCC1)C1CCOCC1. The van der Waals surface area contributed by atoms with E-state index in [0.29, 0.717) is 19.8 Å². The van der Waals surface area contributed by atoms with Gasteiger partial charge in [-0.2, -0.15) is 0 Å². The highest BCUT2D eigenvalue weighted by atomic mass is 35.5. The van der Waals surface area contributed by atoms with E-state index in [1.54, 1.807) is 0 Å². The Morgan fingerprint density at radius 3 is 2.42 bits per heavy atom. The van der Waals surface area contributed by atoms with Gasteiger partial charge in [0.1, 0.15) is 0 Å². The number of benzene rings is 1. The highest BCUT2D eigenvalue weighted by molar-refractivity contribution is 6.30. The van der Waals surface area contributed by atoms with Gasteiger partial charge in [0, 0.05) is 30.2 Å². The van der Waals surface area contributed by atoms with E-state index in [9.17, 15) is 4.79 Å². The normalized spacial score (nSPS) is 21.5. The molecule has 1 saturated carbocycles. The van der Waals surface area contributed by atoms with Crippen molar-refractivity contribution in [2.45, 2.75) is 56.4 Å². The summed E-state index contributed by atoms with van der Waals surface area (Å²) in [5.74, 6) is 0.206. The molecule has 1 heterocycles. The number of nitrogens with two attached hydrogens (primary N) is 1. The highest BCUT2D eigenvalue weighted by Gasteiger charge is 2.35. The number of rotatable bonds is 5. The molecule has 146 valence electrons. The van der Waals surface area contributed by atoms with Crippen LogP contribution in [0.2, 0.25) is 5.02 Å². The maximum absolute atomic E-state index is 12.6. The minimum Gasteiger partial charge on any atom is -0.381 e. The summed E-state index contributed by atoms with van der Waals surface area (Å²) in [4.78, 5) is 12.6. The molecule has 1 aliphatic heterocycles. The molecule has 1 aromatic rings. The topological polar surface area (TPSA) is 64.4 Å². The molecule has 0 bridgehead atoms. The number of halogens is 2. The molecule has 1 amide bonds. The quantitative estimate of drug-likeness (QED) is 0.788. The van der Waals surface area contributed by atoms with Crippen molar-refractivity contribution in [3.05, 3.63) is 34.9 Å². The lowest BCUT2D eigenvalue weighted by molar-refractivity contribution is -0.124. The Labute approximate surface area is 167 Å². The molecule has 1 unspecified atom stereocenters. The third-order valence-corrected chi connectivity index (χ3v) is 6.20. The maximum Gasteiger partial charge on any atom is 0.237 e. The number of carbonyl (C=O) groups excluding carboxylic acids is 1. The van der Waals surface area contributed by atoms with Crippen LogP contribution in [-0.2, 0) is 14.9 Å². The summed E-state index contributed by atoms with van der Waals surface area (Å²) in [5.41, 5.74) is 7.51. The van der Waals surface area contributed by atoms with E-state index in [2.05, 4.69) is 17.4 Å². The molecule has 26 heavy (non-hydrogen) atoms. The molecular formula is C20H30Cl2N2O2. The van der Waals surface area contributed by atoms with Crippen molar-refractivity contribution in [3.8, 4) is 0 Å². The Morgan fingerprint density at radius 1 is 1.19 bits per heavy atom. The predicted molar refractivity (Wildman–Crippen MR) is 108 cm³/mol. The zero-order valence-electron chi connectivity index (χ0n) is 15.2. The molecule has 4 nitrogen and oxygen atoms in total. The smallest absolute Gasteiger partial charge is 0.237 e. The number of hydrogen-bond donors (Lipinski definition) is 2. The van der Waals surface area contributed by atoms with E-state index in [0.717, 1.165) is 30.7 Å². The lowest BCUT2D eigenvalue weighted by atomic mass is 9.69. The summed E-state index contributed by atoms with van der Waals surface area (Å²) in [6.45, 7) is 2.07. The average Bonchev–Trinajstić information content (AvgIpc) is 2.67. The first-order valence-electron chi connectivity index (χ1n) is 9.48. The lowest BCUT2D eigenvalue weighted by Crippen LogP contribution is -2.51. The standard InChI is InChI=1S/C20H29ClN2O2.ClH/c21-17-6-4-16(5-7-17)20(10-2-1-3-11-20)14-23-19(24)18(22)15-8-12-25-13-9-15;/h4-7,15,18H,1-3,8-14,22H2,(H,23,24);1H. The maximum atomic E-state index is 12.6. The van der Waals surface area contributed by atoms with Gasteiger partial charge in [0.2, 0.25) is 5.91 Å². The van der Waals surface area contributed by atoms with Gasteiger partial charge >= 0.3 is 0 Å². The van der Waals surface area contributed by atoms with Crippen molar-refractivity contribution in [1.29, 1.82) is 0 Å². The minimum absolute atomic E-state index is 0. The predicted octanol–water partition coefficient (Wildman–Crippen LogP) is 3.83. The third kappa shape index (κ3) is 5.13. The molecule has 2 aliphatic rings. The fourth-order valence-corrected chi connectivity index (χ4v) is 4.39. The van der Waals surface area contributed by atoms with Gasteiger partial charge in [-0.1, -0.05) is 43.0 Å². The summed E-state index contributed by atoms with van der Waals surface area (Å²) in [7, 11) is 0. The van der Waals surface area contributed by atoms with Gasteiger partial charge in [-0.3, -0.25) is 4.79 Å². The molecule has 1 aliphatic carbocycles. The second kappa shape index (κ2) is 9.93. The van der Waals surface area contributed by atoms with Crippen LogP contribution in [0, 0.1) is 5.92 Å². The molecule has 1 atom stereocenters. The zero-order valence-corrected chi connectivity index (χ0v) is 16.8. The summed E-state index contributed by atoms with van der Waals surface area (Å²) in [6, 6.07) is 7.68. The summed E-state index contributed by atoms with van der Waals surface area (Å²) in [6.07, 6.45) is 7.61. The van der Waals surface area contributed by atoms with Gasteiger partial charge in [-0.15, -0.1) is 12.4 Å². The van der Waals surface area contributed by atoms with E-state index < -0.39 is 6.04 Å². The molecule has 1 aromatic carbocycles. The first-order chi connectivity index (χ1) is 12.1. The first kappa shape index (κ1) is 21.5. The molecular weight excluding hydrogens is 371 g/mol. The Hall–Kier alpha value is -0.810. The Morgan fingerprint density at radius 2 is 1.81 bits per heavy atom. The van der Waals surface area contributed by atoms with Crippen LogP contribution in [0.25, 0.3) is 0 Å². The van der Waals surface area contributed by atoms with Gasteiger partial charge < -0.3 is 15.8 Å². The van der Waals surface area contributed by atoms with E-state index >= 15 is 0 Å². The largest absolute Gasteiger partial charge is 0.381 e. The van der Waals surface area contributed by atoms with Crippen molar-refractivity contribution in [1.82, 2.24) is 5.32 Å². The van der Waals surface area contributed by atoms with Crippen LogP contribution < -0.4 is 11.1 Å². The first-order valence-corrected chi connectivity index (χ1v) is 9.86. The molecule has 2 fully saturated rings. The summed E-state index contributed by atoms with van der Waals surface area (Å²) in [5, 5.41) is 3.92. The van der Waals surface area contributed by atoms with Crippen molar-refractivity contribution < 1.29 is 9.53 Å². The molecule has 3 N–H and O–H groups in total. The summed E-state index contributed by atoms with van der Waals surface area (Å²) < 4.78 is 5.37. The monoisotopic (exact) mass is 400 g/mol. The molecule has 1 saturated heterocycles. The van der Waals surface area contributed by atoms with Crippen LogP contribution in [0.1, 0.15) is 50.5 Å². The molecule has 6 heteroatoms. The van der Waals surface area contributed by atoms with Crippen molar-refractivity contribution in [2.24, 2.45) is 11.7 Å². The number of nitrogens with one attached hydrogen (secondary N) is 1. The van der Waals surface area contributed by atoms with Gasteiger partial charge in [0.15, 0.2) is 0 Å². The highest BCUT2D eigenvalue weighted by Crippen LogP contribution is 2.39. The zero-order chi connectivity index (χ0) is 17.7. The Kier molecular flexibility index (Phi) is 8.21. The van der Waals surface area contributed by atoms with Crippen LogP contribution in [0.15, 0.2) is 24.3 Å². The van der Waals surface area contributed by atoms with Gasteiger partial charge in [-0.05, 0) is 49.3 Å². The number of carbonyl (C=O) groups is 1. The number of amides is 1. The second-order valence-corrected chi connectivity index (χ2v) is 7.98. The van der Waals surface area contributed by atoms with Gasteiger partial charge in [0.25, 0.3) is 0 Å². The second-order valence-electron chi connectivity index (χ2n) is 7.54. The Bertz CT molecular complexity index is 568. The van der Waals surface area contributed by atoms with Crippen LogP contribution in [-0.4, -0.2) is 31.7 Å². The van der Waals surface area contributed by atoms with E-state index in [1.165, 1.54) is 24.8 Å². The van der Waals surface area contributed by atoms with Crippen molar-refractivity contribution in [3.63, 3.8) is 0 Å².